The van der Waals surface area contributed by atoms with Crippen LogP contribution in [0.15, 0.2) is 42.5 Å². The smallest absolute Gasteiger partial charge is 0.265 e. The fourth-order valence-electron chi connectivity index (χ4n) is 5.74. The maximum atomic E-state index is 15.2. The van der Waals surface area contributed by atoms with Gasteiger partial charge in [0.2, 0.25) is 11.8 Å². The monoisotopic (exact) mass is 522 g/mol. The summed E-state index contributed by atoms with van der Waals surface area (Å²) in [5, 5.41) is 2.55. The van der Waals surface area contributed by atoms with Gasteiger partial charge >= 0.3 is 0 Å². The summed E-state index contributed by atoms with van der Waals surface area (Å²) in [4.78, 5) is 41.1. The molecule has 1 saturated heterocycles. The number of fused-ring (bicyclic) bond motifs is 3. The summed E-state index contributed by atoms with van der Waals surface area (Å²) in [5.74, 6) is -1.32. The predicted octanol–water partition coefficient (Wildman–Crippen LogP) is 3.82. The van der Waals surface area contributed by atoms with Crippen molar-refractivity contribution in [2.24, 2.45) is 5.73 Å². The first kappa shape index (κ1) is 25.4. The van der Waals surface area contributed by atoms with Gasteiger partial charge in [0.1, 0.15) is 29.0 Å². The highest BCUT2D eigenvalue weighted by Crippen LogP contribution is 2.47. The lowest BCUT2D eigenvalue weighted by molar-refractivity contribution is -0.136. The van der Waals surface area contributed by atoms with Crippen LogP contribution in [0.3, 0.4) is 0 Å². The number of primary amides is 1. The van der Waals surface area contributed by atoms with E-state index in [2.05, 4.69) is 11.2 Å². The first-order valence-electron chi connectivity index (χ1n) is 12.0. The van der Waals surface area contributed by atoms with Gasteiger partial charge in [-0.05, 0) is 50.1 Å². The van der Waals surface area contributed by atoms with E-state index in [4.69, 9.17) is 12.2 Å². The van der Waals surface area contributed by atoms with E-state index in [9.17, 15) is 18.8 Å². The summed E-state index contributed by atoms with van der Waals surface area (Å²) >= 11 is 0. The summed E-state index contributed by atoms with van der Waals surface area (Å²) < 4.78 is 45.9. The van der Waals surface area contributed by atoms with Crippen LogP contribution >= 0.6 is 0 Å². The summed E-state index contributed by atoms with van der Waals surface area (Å²) in [7, 11) is 0. The van der Waals surface area contributed by atoms with Crippen LogP contribution in [0.1, 0.15) is 48.8 Å². The van der Waals surface area contributed by atoms with Gasteiger partial charge in [-0.15, -0.1) is 6.42 Å². The van der Waals surface area contributed by atoms with E-state index in [1.54, 1.807) is 24.3 Å². The number of aromatic nitrogens is 1. The van der Waals surface area contributed by atoms with Crippen LogP contribution < -0.4 is 11.1 Å². The van der Waals surface area contributed by atoms with Gasteiger partial charge in [0.05, 0.1) is 17.0 Å². The minimum atomic E-state index is -1.98. The number of amides is 3. The first-order valence-corrected chi connectivity index (χ1v) is 12.0. The van der Waals surface area contributed by atoms with Crippen LogP contribution in [0.5, 0.6) is 0 Å². The molecule has 5 rings (SSSR count). The number of hydrogen-bond acceptors (Lipinski definition) is 3. The van der Waals surface area contributed by atoms with Crippen LogP contribution in [0.4, 0.5) is 18.9 Å². The Balaban J connectivity index is 1.67. The number of halogens is 3. The molecule has 0 unspecified atom stereocenters. The molecule has 3 heterocycles. The Labute approximate surface area is 216 Å². The van der Waals surface area contributed by atoms with E-state index in [1.807, 2.05) is 0 Å². The Hall–Kier alpha value is -4.26. The SMILES string of the molecule is C#C[C@@H]1C[C@@]2(CN1C(=O)[C@H](CC(C)(C)F)n1c(C(N)=O)cc3c(F)ccc(F)c31)C(=O)Nc1ccccc12. The molecule has 2 aliphatic rings. The highest BCUT2D eigenvalue weighted by Gasteiger charge is 2.56. The van der Waals surface area contributed by atoms with Crippen LogP contribution in [-0.4, -0.2) is 45.4 Å². The van der Waals surface area contributed by atoms with Gasteiger partial charge in [-0.3, -0.25) is 14.4 Å². The number of likely N-dealkylation sites (tertiary alicyclic amines) is 1. The highest BCUT2D eigenvalue weighted by atomic mass is 19.1. The van der Waals surface area contributed by atoms with Crippen molar-refractivity contribution in [2.75, 3.05) is 11.9 Å². The van der Waals surface area contributed by atoms with E-state index in [-0.39, 0.29) is 30.0 Å². The minimum Gasteiger partial charge on any atom is -0.364 e. The predicted molar refractivity (Wildman–Crippen MR) is 135 cm³/mol. The number of nitrogens with zero attached hydrogens (tertiary/aromatic N) is 2. The molecule has 2 aliphatic heterocycles. The van der Waals surface area contributed by atoms with Crippen LogP contribution in [0.2, 0.25) is 0 Å². The van der Waals surface area contributed by atoms with E-state index >= 15 is 8.78 Å². The summed E-state index contributed by atoms with van der Waals surface area (Å²) in [6.45, 7) is 2.34. The zero-order valence-corrected chi connectivity index (χ0v) is 20.7. The molecule has 38 heavy (non-hydrogen) atoms. The van der Waals surface area contributed by atoms with Gasteiger partial charge in [-0.1, -0.05) is 24.1 Å². The van der Waals surface area contributed by atoms with Crippen molar-refractivity contribution in [3.63, 3.8) is 0 Å². The molecule has 0 saturated carbocycles. The molecule has 1 aromatic heterocycles. The lowest BCUT2D eigenvalue weighted by Crippen LogP contribution is -2.44. The summed E-state index contributed by atoms with van der Waals surface area (Å²) in [6.07, 6.45) is 5.41. The number of carbonyl (C=O) groups is 3. The van der Waals surface area contributed by atoms with Gasteiger partial charge in [0.25, 0.3) is 5.91 Å². The van der Waals surface area contributed by atoms with Crippen molar-refractivity contribution in [3.8, 4) is 12.3 Å². The van der Waals surface area contributed by atoms with E-state index in [1.165, 1.54) is 18.7 Å². The molecule has 0 aliphatic carbocycles. The molecule has 3 atom stereocenters. The van der Waals surface area contributed by atoms with Crippen LogP contribution in [0.25, 0.3) is 10.9 Å². The Morgan fingerprint density at radius 3 is 2.58 bits per heavy atom. The largest absolute Gasteiger partial charge is 0.364 e. The number of hydrogen-bond donors (Lipinski definition) is 2. The van der Waals surface area contributed by atoms with Gasteiger partial charge in [0, 0.05) is 24.0 Å². The second kappa shape index (κ2) is 8.65. The van der Waals surface area contributed by atoms with Crippen LogP contribution in [-0.2, 0) is 15.0 Å². The molecule has 7 nitrogen and oxygen atoms in total. The fourth-order valence-corrected chi connectivity index (χ4v) is 5.74. The molecule has 1 fully saturated rings. The van der Waals surface area contributed by atoms with Crippen molar-refractivity contribution in [3.05, 3.63) is 65.4 Å². The Morgan fingerprint density at radius 2 is 1.92 bits per heavy atom. The van der Waals surface area contributed by atoms with Crippen molar-refractivity contribution in [1.29, 1.82) is 0 Å². The normalized spacial score (nSPS) is 21.4. The number of rotatable bonds is 5. The second-order valence-electron chi connectivity index (χ2n) is 10.4. The van der Waals surface area contributed by atoms with Crippen LogP contribution in [0, 0.1) is 24.0 Å². The molecule has 1 spiro atoms. The number of anilines is 1. The number of carbonyl (C=O) groups excluding carboxylic acids is 3. The number of alkyl halides is 1. The summed E-state index contributed by atoms with van der Waals surface area (Å²) in [6, 6.07) is 7.48. The third-order valence-electron chi connectivity index (χ3n) is 7.38. The van der Waals surface area contributed by atoms with Crippen molar-refractivity contribution < 1.29 is 27.6 Å². The topological polar surface area (TPSA) is 97.4 Å². The Bertz CT molecular complexity index is 1550. The van der Waals surface area contributed by atoms with Crippen molar-refractivity contribution >= 4 is 34.3 Å². The molecule has 196 valence electrons. The number of nitrogens with two attached hydrogens (primary N) is 1. The standard InChI is InChI=1S/C28H25F3N4O3/c1-4-15-12-28(17-7-5-6-8-20(17)33-26(28)38)14-34(15)25(37)22(13-27(2,3)31)35-21(24(32)36)11-16-18(29)9-10-19(30)23(16)35/h1,5-11,15,22H,12-14H2,2-3H3,(H2,32,36)(H,33,38)/t15-,22+,28+/m1/s1. The molecule has 3 aromatic rings. The number of benzene rings is 2. The fraction of sp³-hybridized carbons (Fsp3) is 0.321. The lowest BCUT2D eigenvalue weighted by Gasteiger charge is -2.31. The Kier molecular flexibility index (Phi) is 5.78. The third kappa shape index (κ3) is 3.81. The molecule has 0 bridgehead atoms. The quantitative estimate of drug-likeness (QED) is 0.499. The zero-order valence-electron chi connectivity index (χ0n) is 20.7. The Morgan fingerprint density at radius 1 is 1.24 bits per heavy atom. The van der Waals surface area contributed by atoms with Gasteiger partial charge < -0.3 is 20.5 Å². The second-order valence-corrected chi connectivity index (χ2v) is 10.4. The van der Waals surface area contributed by atoms with E-state index in [0.29, 0.717) is 11.3 Å². The molecule has 10 heteroatoms. The van der Waals surface area contributed by atoms with Crippen molar-refractivity contribution in [1.82, 2.24) is 9.47 Å². The number of para-hydroxylation sites is 1. The molecule has 3 amide bonds. The summed E-state index contributed by atoms with van der Waals surface area (Å²) in [5.41, 5.74) is 2.97. The van der Waals surface area contributed by atoms with E-state index < -0.39 is 58.6 Å². The minimum absolute atomic E-state index is 0.113. The maximum absolute atomic E-state index is 15.2. The first-order chi connectivity index (χ1) is 17.9. The molecule has 0 radical (unpaired) electrons. The molecule has 2 aromatic carbocycles. The van der Waals surface area contributed by atoms with Gasteiger partial charge in [-0.25, -0.2) is 13.2 Å². The van der Waals surface area contributed by atoms with Crippen molar-refractivity contribution in [2.45, 2.75) is 49.9 Å². The van der Waals surface area contributed by atoms with E-state index in [0.717, 1.165) is 22.8 Å². The average Bonchev–Trinajstić information content (AvgIpc) is 3.52. The number of terminal acetylenes is 1. The number of nitrogens with one attached hydrogen (secondary N) is 1. The zero-order chi connectivity index (χ0) is 27.6. The molecule has 3 N–H and O–H groups in total. The molecular weight excluding hydrogens is 497 g/mol. The van der Waals surface area contributed by atoms with Gasteiger partial charge in [0.15, 0.2) is 0 Å². The van der Waals surface area contributed by atoms with Gasteiger partial charge in [-0.2, -0.15) is 0 Å². The maximum Gasteiger partial charge on any atom is 0.265 e. The lowest BCUT2D eigenvalue weighted by atomic mass is 9.79. The molecular formula is C28H25F3N4O3. The highest BCUT2D eigenvalue weighted by molar-refractivity contribution is 6.07. The average molecular weight is 523 g/mol. The third-order valence-corrected chi connectivity index (χ3v) is 7.38.